The first kappa shape index (κ1) is 19.9. The highest BCUT2D eigenvalue weighted by Crippen LogP contribution is 2.30. The van der Waals surface area contributed by atoms with Crippen molar-refractivity contribution in [2.24, 2.45) is 0 Å². The number of nitrogens with one attached hydrogen (secondary N) is 1. The fourth-order valence-corrected chi connectivity index (χ4v) is 3.24. The number of benzene rings is 2. The van der Waals surface area contributed by atoms with Crippen LogP contribution >= 0.6 is 0 Å². The van der Waals surface area contributed by atoms with Gasteiger partial charge in [0.2, 0.25) is 0 Å². The Hall–Kier alpha value is -2.89. The highest BCUT2D eigenvalue weighted by Gasteiger charge is 2.32. The standard InChI is InChI=1S/C22H25FN2O3/c1-4-14(3)25-13-15-12-16(10-11-20(15)28-19(5-2)22(25)27)24-21(26)17-8-6-7-9-18(17)23/h6-12,14,19H,4-5,13H2,1-3H3,(H,24,26). The number of fused-ring (bicyclic) bond motifs is 1. The first-order chi connectivity index (χ1) is 13.4. The molecule has 2 unspecified atom stereocenters. The molecule has 28 heavy (non-hydrogen) atoms. The van der Waals surface area contributed by atoms with Crippen molar-refractivity contribution in [2.75, 3.05) is 5.32 Å². The number of carbonyl (C=O) groups is 2. The average Bonchev–Trinajstić information content (AvgIpc) is 2.84. The number of rotatable bonds is 5. The van der Waals surface area contributed by atoms with Crippen molar-refractivity contribution in [1.82, 2.24) is 4.90 Å². The molecule has 3 rings (SSSR count). The van der Waals surface area contributed by atoms with Gasteiger partial charge in [-0.15, -0.1) is 0 Å². The summed E-state index contributed by atoms with van der Waals surface area (Å²) < 4.78 is 19.8. The molecule has 0 bridgehead atoms. The van der Waals surface area contributed by atoms with E-state index in [1.165, 1.54) is 18.2 Å². The third-order valence-electron chi connectivity index (χ3n) is 5.10. The highest BCUT2D eigenvalue weighted by atomic mass is 19.1. The SMILES string of the molecule is CCC1Oc2ccc(NC(=O)c3ccccc3F)cc2CN(C(C)CC)C1=O. The van der Waals surface area contributed by atoms with Crippen LogP contribution in [-0.2, 0) is 11.3 Å². The quantitative estimate of drug-likeness (QED) is 0.832. The van der Waals surface area contributed by atoms with E-state index in [2.05, 4.69) is 5.32 Å². The minimum Gasteiger partial charge on any atom is -0.480 e. The number of hydrogen-bond donors (Lipinski definition) is 1. The zero-order chi connectivity index (χ0) is 20.3. The number of nitrogens with zero attached hydrogens (tertiary/aromatic N) is 1. The van der Waals surface area contributed by atoms with E-state index in [1.54, 1.807) is 24.3 Å². The van der Waals surface area contributed by atoms with Gasteiger partial charge in [0.05, 0.1) is 5.56 Å². The molecule has 0 saturated carbocycles. The minimum absolute atomic E-state index is 0.0175. The molecule has 1 aliphatic rings. The van der Waals surface area contributed by atoms with Crippen LogP contribution in [0.4, 0.5) is 10.1 Å². The first-order valence-electron chi connectivity index (χ1n) is 9.60. The van der Waals surface area contributed by atoms with Gasteiger partial charge in [0.1, 0.15) is 11.6 Å². The molecule has 5 nitrogen and oxygen atoms in total. The van der Waals surface area contributed by atoms with Gasteiger partial charge in [-0.25, -0.2) is 4.39 Å². The zero-order valence-corrected chi connectivity index (χ0v) is 16.4. The van der Waals surface area contributed by atoms with Gasteiger partial charge in [-0.05, 0) is 50.1 Å². The van der Waals surface area contributed by atoms with E-state index in [0.717, 1.165) is 12.0 Å². The monoisotopic (exact) mass is 384 g/mol. The van der Waals surface area contributed by atoms with Crippen LogP contribution in [0.25, 0.3) is 0 Å². The first-order valence-corrected chi connectivity index (χ1v) is 9.60. The van der Waals surface area contributed by atoms with Gasteiger partial charge in [-0.3, -0.25) is 9.59 Å². The minimum atomic E-state index is -0.572. The fourth-order valence-electron chi connectivity index (χ4n) is 3.24. The topological polar surface area (TPSA) is 58.6 Å². The van der Waals surface area contributed by atoms with Crippen LogP contribution in [0.3, 0.4) is 0 Å². The molecule has 1 N–H and O–H groups in total. The Balaban J connectivity index is 1.88. The Morgan fingerprint density at radius 1 is 1.29 bits per heavy atom. The van der Waals surface area contributed by atoms with E-state index >= 15 is 0 Å². The Labute approximate surface area is 164 Å². The lowest BCUT2D eigenvalue weighted by molar-refractivity contribution is -0.140. The van der Waals surface area contributed by atoms with Crippen LogP contribution in [0, 0.1) is 5.82 Å². The molecule has 2 amide bonds. The molecule has 0 aromatic heterocycles. The van der Waals surface area contributed by atoms with Crippen molar-refractivity contribution in [1.29, 1.82) is 0 Å². The Kier molecular flexibility index (Phi) is 5.97. The number of hydrogen-bond acceptors (Lipinski definition) is 3. The molecule has 1 aliphatic heterocycles. The van der Waals surface area contributed by atoms with Gasteiger partial charge in [0.25, 0.3) is 11.8 Å². The molecular weight excluding hydrogens is 359 g/mol. The summed E-state index contributed by atoms with van der Waals surface area (Å²) in [6.45, 7) is 6.38. The predicted octanol–water partition coefficient (Wildman–Crippen LogP) is 4.38. The van der Waals surface area contributed by atoms with Gasteiger partial charge < -0.3 is 15.0 Å². The molecule has 0 spiro atoms. The Morgan fingerprint density at radius 2 is 2.04 bits per heavy atom. The molecule has 0 fully saturated rings. The molecular formula is C22H25FN2O3. The summed E-state index contributed by atoms with van der Waals surface area (Å²) >= 11 is 0. The molecule has 2 aromatic rings. The summed E-state index contributed by atoms with van der Waals surface area (Å²) in [4.78, 5) is 27.0. The lowest BCUT2D eigenvalue weighted by atomic mass is 10.1. The van der Waals surface area contributed by atoms with Crippen molar-refractivity contribution in [3.05, 3.63) is 59.4 Å². The van der Waals surface area contributed by atoms with E-state index in [0.29, 0.717) is 24.4 Å². The van der Waals surface area contributed by atoms with Gasteiger partial charge in [-0.2, -0.15) is 0 Å². The Bertz CT molecular complexity index is 884. The normalized spacial score (nSPS) is 17.4. The van der Waals surface area contributed by atoms with Crippen LogP contribution < -0.4 is 10.1 Å². The molecule has 2 aromatic carbocycles. The van der Waals surface area contributed by atoms with E-state index in [-0.39, 0.29) is 17.5 Å². The Morgan fingerprint density at radius 3 is 2.71 bits per heavy atom. The lowest BCUT2D eigenvalue weighted by Gasteiger charge is -2.28. The van der Waals surface area contributed by atoms with Crippen LogP contribution in [-0.4, -0.2) is 28.9 Å². The molecule has 0 aliphatic carbocycles. The van der Waals surface area contributed by atoms with E-state index in [1.807, 2.05) is 25.7 Å². The fraction of sp³-hybridized carbons (Fsp3) is 0.364. The van der Waals surface area contributed by atoms with Crippen molar-refractivity contribution in [3.8, 4) is 5.75 Å². The molecule has 148 valence electrons. The third-order valence-corrected chi connectivity index (χ3v) is 5.10. The van der Waals surface area contributed by atoms with E-state index in [4.69, 9.17) is 4.74 Å². The molecule has 0 radical (unpaired) electrons. The van der Waals surface area contributed by atoms with Crippen molar-refractivity contribution < 1.29 is 18.7 Å². The molecule has 6 heteroatoms. The summed E-state index contributed by atoms with van der Waals surface area (Å²) in [7, 11) is 0. The molecule has 0 saturated heterocycles. The lowest BCUT2D eigenvalue weighted by Crippen LogP contribution is -2.43. The predicted molar refractivity (Wildman–Crippen MR) is 106 cm³/mol. The second-order valence-corrected chi connectivity index (χ2v) is 6.99. The summed E-state index contributed by atoms with van der Waals surface area (Å²) in [6.07, 6.45) is 0.896. The largest absolute Gasteiger partial charge is 0.480 e. The number of carbonyl (C=O) groups excluding carboxylic acids is 2. The van der Waals surface area contributed by atoms with Gasteiger partial charge in [0, 0.05) is 23.8 Å². The van der Waals surface area contributed by atoms with Crippen LogP contribution in [0.15, 0.2) is 42.5 Å². The van der Waals surface area contributed by atoms with Gasteiger partial charge in [0.15, 0.2) is 6.10 Å². The zero-order valence-electron chi connectivity index (χ0n) is 16.4. The average molecular weight is 384 g/mol. The number of anilines is 1. The van der Waals surface area contributed by atoms with E-state index in [9.17, 15) is 14.0 Å². The summed E-state index contributed by atoms with van der Waals surface area (Å²) in [5, 5.41) is 2.73. The van der Waals surface area contributed by atoms with E-state index < -0.39 is 17.8 Å². The molecule has 2 atom stereocenters. The highest BCUT2D eigenvalue weighted by molar-refractivity contribution is 6.04. The van der Waals surface area contributed by atoms with Crippen LogP contribution in [0.2, 0.25) is 0 Å². The number of ether oxygens (including phenoxy) is 1. The van der Waals surface area contributed by atoms with Crippen LogP contribution in [0.5, 0.6) is 5.75 Å². The second-order valence-electron chi connectivity index (χ2n) is 6.99. The smallest absolute Gasteiger partial charge is 0.264 e. The van der Waals surface area contributed by atoms with Crippen LogP contribution in [0.1, 0.15) is 49.5 Å². The maximum absolute atomic E-state index is 13.8. The third kappa shape index (κ3) is 4.01. The summed E-state index contributed by atoms with van der Waals surface area (Å²) in [5.41, 5.74) is 1.33. The van der Waals surface area contributed by atoms with Crippen molar-refractivity contribution >= 4 is 17.5 Å². The number of amides is 2. The van der Waals surface area contributed by atoms with Gasteiger partial charge in [-0.1, -0.05) is 26.0 Å². The second kappa shape index (κ2) is 8.42. The summed E-state index contributed by atoms with van der Waals surface area (Å²) in [5.74, 6) is -0.480. The van der Waals surface area contributed by atoms with Crippen molar-refractivity contribution in [2.45, 2.75) is 52.3 Å². The maximum Gasteiger partial charge on any atom is 0.264 e. The number of halogens is 1. The molecule has 1 heterocycles. The van der Waals surface area contributed by atoms with Crippen molar-refractivity contribution in [3.63, 3.8) is 0 Å². The summed E-state index contributed by atoms with van der Waals surface area (Å²) in [6, 6.07) is 11.2. The van der Waals surface area contributed by atoms with Gasteiger partial charge >= 0.3 is 0 Å². The maximum atomic E-state index is 13.8.